The van der Waals surface area contributed by atoms with E-state index in [1.54, 1.807) is 31.2 Å². The minimum Gasteiger partial charge on any atom is -0.322 e. The van der Waals surface area contributed by atoms with E-state index in [1.807, 2.05) is 6.07 Å². The van der Waals surface area contributed by atoms with Crippen LogP contribution in [0.3, 0.4) is 0 Å². The molecule has 0 saturated heterocycles. The topological polar surface area (TPSA) is 83.6 Å². The summed E-state index contributed by atoms with van der Waals surface area (Å²) in [5, 5.41) is 2.69. The first kappa shape index (κ1) is 16.2. The number of nitrogens with one attached hydrogen (secondary N) is 1. The van der Waals surface area contributed by atoms with Gasteiger partial charge in [-0.15, -0.1) is 0 Å². The van der Waals surface area contributed by atoms with Crippen molar-refractivity contribution in [2.24, 2.45) is 0 Å². The maximum atomic E-state index is 12.5. The number of hydrogen-bond donors (Lipinski definition) is 1. The van der Waals surface area contributed by atoms with Gasteiger partial charge in [-0.1, -0.05) is 25.1 Å². The number of sulfonamides is 1. The van der Waals surface area contributed by atoms with Crippen LogP contribution in [-0.4, -0.2) is 31.1 Å². The minimum atomic E-state index is -3.88. The first-order valence-corrected chi connectivity index (χ1v) is 8.96. The highest BCUT2D eigenvalue weighted by atomic mass is 32.2. The Bertz CT molecular complexity index is 907. The van der Waals surface area contributed by atoms with E-state index in [0.717, 1.165) is 4.31 Å². The minimum absolute atomic E-state index is 0.110. The van der Waals surface area contributed by atoms with Crippen molar-refractivity contribution in [3.63, 3.8) is 0 Å². The van der Waals surface area contributed by atoms with E-state index in [9.17, 15) is 18.0 Å². The van der Waals surface area contributed by atoms with Crippen molar-refractivity contribution in [1.82, 2.24) is 4.31 Å². The summed E-state index contributed by atoms with van der Waals surface area (Å²) in [7, 11) is -3.88. The molecule has 0 radical (unpaired) electrons. The molecule has 24 heavy (non-hydrogen) atoms. The van der Waals surface area contributed by atoms with E-state index < -0.39 is 21.8 Å². The predicted octanol–water partition coefficient (Wildman–Crippen LogP) is 2.49. The molecular formula is C17H16N2O4S. The molecule has 6 nitrogen and oxygen atoms in total. The lowest BCUT2D eigenvalue weighted by atomic mass is 10.1. The molecule has 0 spiro atoms. The van der Waals surface area contributed by atoms with Gasteiger partial charge in [-0.3, -0.25) is 9.59 Å². The van der Waals surface area contributed by atoms with Gasteiger partial charge in [0.15, 0.2) is 0 Å². The largest absolute Gasteiger partial charge is 0.322 e. The van der Waals surface area contributed by atoms with Crippen LogP contribution in [0, 0.1) is 0 Å². The zero-order chi connectivity index (χ0) is 17.3. The summed E-state index contributed by atoms with van der Waals surface area (Å²) < 4.78 is 25.8. The standard InChI is InChI=1S/C17H16N2O4S/c1-2-10-19-17(21)14-9-8-12(11-15(14)24(19,22)23)16(20)18-13-6-4-3-5-7-13/h3-9,11H,2,10H2,1H3,(H,18,20). The average molecular weight is 344 g/mol. The van der Waals surface area contributed by atoms with Crippen LogP contribution in [0.5, 0.6) is 0 Å². The van der Waals surface area contributed by atoms with E-state index >= 15 is 0 Å². The number of hydrogen-bond acceptors (Lipinski definition) is 4. The van der Waals surface area contributed by atoms with E-state index in [2.05, 4.69) is 5.32 Å². The van der Waals surface area contributed by atoms with Crippen LogP contribution >= 0.6 is 0 Å². The molecule has 0 unspecified atom stereocenters. The Balaban J connectivity index is 1.94. The monoisotopic (exact) mass is 344 g/mol. The van der Waals surface area contributed by atoms with Gasteiger partial charge in [0.25, 0.3) is 21.8 Å². The molecule has 2 aromatic rings. The summed E-state index contributed by atoms with van der Waals surface area (Å²) >= 11 is 0. The smallest absolute Gasteiger partial charge is 0.269 e. The van der Waals surface area contributed by atoms with Crippen LogP contribution in [0.15, 0.2) is 53.4 Å². The average Bonchev–Trinajstić information content (AvgIpc) is 2.77. The Labute approximate surface area is 140 Å². The van der Waals surface area contributed by atoms with Gasteiger partial charge in [0.2, 0.25) is 0 Å². The van der Waals surface area contributed by atoms with Gasteiger partial charge in [0.05, 0.1) is 5.56 Å². The maximum Gasteiger partial charge on any atom is 0.269 e. The molecule has 1 N–H and O–H groups in total. The zero-order valence-corrected chi connectivity index (χ0v) is 13.8. The second kappa shape index (κ2) is 6.09. The number of para-hydroxylation sites is 1. The Morgan fingerprint density at radius 2 is 1.83 bits per heavy atom. The second-order valence-electron chi connectivity index (χ2n) is 5.41. The number of amides is 2. The molecule has 1 heterocycles. The summed E-state index contributed by atoms with van der Waals surface area (Å²) in [6.07, 6.45) is 0.528. The van der Waals surface area contributed by atoms with Gasteiger partial charge in [-0.2, -0.15) is 0 Å². The second-order valence-corrected chi connectivity index (χ2v) is 7.24. The summed E-state index contributed by atoms with van der Waals surface area (Å²) in [6.45, 7) is 1.92. The van der Waals surface area contributed by atoms with Crippen molar-refractivity contribution >= 4 is 27.5 Å². The highest BCUT2D eigenvalue weighted by Gasteiger charge is 2.40. The molecule has 124 valence electrons. The molecule has 0 atom stereocenters. The van der Waals surface area contributed by atoms with Crippen molar-refractivity contribution in [2.75, 3.05) is 11.9 Å². The van der Waals surface area contributed by atoms with Gasteiger partial charge >= 0.3 is 0 Å². The predicted molar refractivity (Wildman–Crippen MR) is 89.4 cm³/mol. The van der Waals surface area contributed by atoms with Crippen molar-refractivity contribution in [2.45, 2.75) is 18.2 Å². The van der Waals surface area contributed by atoms with Gasteiger partial charge in [0, 0.05) is 17.8 Å². The molecule has 2 amide bonds. The van der Waals surface area contributed by atoms with Crippen LogP contribution in [0.1, 0.15) is 34.1 Å². The molecule has 2 aromatic carbocycles. The lowest BCUT2D eigenvalue weighted by Gasteiger charge is -2.13. The van der Waals surface area contributed by atoms with Crippen LogP contribution in [0.4, 0.5) is 5.69 Å². The molecule has 1 aliphatic rings. The Morgan fingerprint density at radius 3 is 2.50 bits per heavy atom. The summed E-state index contributed by atoms with van der Waals surface area (Å²) in [4.78, 5) is 24.4. The van der Waals surface area contributed by atoms with Crippen LogP contribution < -0.4 is 5.32 Å². The Hall–Kier alpha value is -2.67. The summed E-state index contributed by atoms with van der Waals surface area (Å²) in [5.41, 5.74) is 0.904. The molecule has 7 heteroatoms. The lowest BCUT2D eigenvalue weighted by molar-refractivity contribution is 0.0870. The van der Waals surface area contributed by atoms with Crippen LogP contribution in [-0.2, 0) is 10.0 Å². The highest BCUT2D eigenvalue weighted by Crippen LogP contribution is 2.31. The first-order valence-electron chi connectivity index (χ1n) is 7.52. The maximum absolute atomic E-state index is 12.5. The molecular weight excluding hydrogens is 328 g/mol. The third kappa shape index (κ3) is 2.67. The lowest BCUT2D eigenvalue weighted by Crippen LogP contribution is -2.30. The summed E-state index contributed by atoms with van der Waals surface area (Å²) in [6, 6.07) is 13.0. The quantitative estimate of drug-likeness (QED) is 0.923. The molecule has 0 bridgehead atoms. The van der Waals surface area contributed by atoms with Crippen LogP contribution in [0.2, 0.25) is 0 Å². The Kier molecular flexibility index (Phi) is 4.11. The third-order valence-electron chi connectivity index (χ3n) is 3.73. The first-order chi connectivity index (χ1) is 11.4. The van der Waals surface area contributed by atoms with E-state index in [0.29, 0.717) is 12.1 Å². The number of fused-ring (bicyclic) bond motifs is 1. The number of nitrogens with zero attached hydrogens (tertiary/aromatic N) is 1. The fourth-order valence-electron chi connectivity index (χ4n) is 2.57. The van der Waals surface area contributed by atoms with E-state index in [4.69, 9.17) is 0 Å². The number of rotatable bonds is 4. The molecule has 0 fully saturated rings. The number of anilines is 1. The molecule has 3 rings (SSSR count). The van der Waals surface area contributed by atoms with Crippen molar-refractivity contribution in [3.05, 3.63) is 59.7 Å². The molecule has 0 aliphatic carbocycles. The number of benzene rings is 2. The van der Waals surface area contributed by atoms with Crippen LogP contribution in [0.25, 0.3) is 0 Å². The fourth-order valence-corrected chi connectivity index (χ4v) is 4.25. The van der Waals surface area contributed by atoms with Gasteiger partial charge in [-0.05, 0) is 36.8 Å². The number of carbonyl (C=O) groups is 2. The normalized spacial score (nSPS) is 15.2. The molecule has 0 saturated carbocycles. The van der Waals surface area contributed by atoms with Gasteiger partial charge < -0.3 is 5.32 Å². The zero-order valence-electron chi connectivity index (χ0n) is 13.0. The number of carbonyl (C=O) groups excluding carboxylic acids is 2. The van der Waals surface area contributed by atoms with Crippen molar-refractivity contribution in [3.8, 4) is 0 Å². The van der Waals surface area contributed by atoms with Crippen molar-refractivity contribution < 1.29 is 18.0 Å². The van der Waals surface area contributed by atoms with Gasteiger partial charge in [-0.25, -0.2) is 12.7 Å². The Morgan fingerprint density at radius 1 is 1.12 bits per heavy atom. The van der Waals surface area contributed by atoms with Crippen molar-refractivity contribution in [1.29, 1.82) is 0 Å². The highest BCUT2D eigenvalue weighted by molar-refractivity contribution is 7.90. The third-order valence-corrected chi connectivity index (χ3v) is 5.55. The van der Waals surface area contributed by atoms with Gasteiger partial charge in [0.1, 0.15) is 4.90 Å². The van der Waals surface area contributed by atoms with E-state index in [-0.39, 0.29) is 22.6 Å². The summed E-state index contributed by atoms with van der Waals surface area (Å²) in [5.74, 6) is -0.970. The molecule has 0 aromatic heterocycles. The molecule has 1 aliphatic heterocycles. The SMILES string of the molecule is CCCN1C(=O)c2ccc(C(=O)Nc3ccccc3)cc2S1(=O)=O. The fraction of sp³-hybridized carbons (Fsp3) is 0.176. The van der Waals surface area contributed by atoms with E-state index in [1.165, 1.54) is 18.2 Å².